The molecule has 0 spiro atoms. The van der Waals surface area contributed by atoms with Crippen molar-refractivity contribution in [2.24, 2.45) is 0 Å². The molecule has 1 aromatic carbocycles. The van der Waals surface area contributed by atoms with Gasteiger partial charge in [-0.25, -0.2) is 0 Å². The summed E-state index contributed by atoms with van der Waals surface area (Å²) >= 11 is 0. The van der Waals surface area contributed by atoms with Gasteiger partial charge in [-0.15, -0.1) is 0 Å². The fourth-order valence-electron chi connectivity index (χ4n) is 2.09. The number of methoxy groups -OCH3 is 1. The van der Waals surface area contributed by atoms with Crippen LogP contribution in [0.25, 0.3) is 0 Å². The van der Waals surface area contributed by atoms with Crippen molar-refractivity contribution in [1.82, 2.24) is 5.32 Å². The predicted molar refractivity (Wildman–Crippen MR) is 68.5 cm³/mol. The number of nitrogens with one attached hydrogen (secondary N) is 1. The lowest BCUT2D eigenvalue weighted by Crippen LogP contribution is -2.38. The number of benzene rings is 1. The third kappa shape index (κ3) is 3.20. The Morgan fingerprint density at radius 1 is 1.35 bits per heavy atom. The van der Waals surface area contributed by atoms with E-state index in [0.29, 0.717) is 6.04 Å². The molecule has 1 atom stereocenters. The normalized spacial score (nSPS) is 17.5. The summed E-state index contributed by atoms with van der Waals surface area (Å²) in [5.41, 5.74) is 1.17. The highest BCUT2D eigenvalue weighted by molar-refractivity contribution is 5.29. The largest absolute Gasteiger partial charge is 0.497 e. The topological polar surface area (TPSA) is 41.5 Å². The maximum Gasteiger partial charge on any atom is 0.118 e. The molecular weight excluding hydrogens is 214 g/mol. The molecule has 17 heavy (non-hydrogen) atoms. The Balaban J connectivity index is 1.90. The van der Waals surface area contributed by atoms with Gasteiger partial charge >= 0.3 is 0 Å². The summed E-state index contributed by atoms with van der Waals surface area (Å²) in [6.07, 6.45) is 3.89. The van der Waals surface area contributed by atoms with Gasteiger partial charge < -0.3 is 15.2 Å². The molecule has 1 unspecified atom stereocenters. The average Bonchev–Trinajstić information content (AvgIpc) is 2.33. The summed E-state index contributed by atoms with van der Waals surface area (Å²) in [6, 6.07) is 8.62. The highest BCUT2D eigenvalue weighted by atomic mass is 16.5. The predicted octanol–water partition coefficient (Wildman–Crippen LogP) is 1.91. The summed E-state index contributed by atoms with van der Waals surface area (Å²) in [5.74, 6) is 1.04. The first-order valence-corrected chi connectivity index (χ1v) is 6.31. The highest BCUT2D eigenvalue weighted by Crippen LogP contribution is 2.21. The maximum absolute atomic E-state index is 9.44. The first-order chi connectivity index (χ1) is 8.33. The fraction of sp³-hybridized carbons (Fsp3) is 0.571. The van der Waals surface area contributed by atoms with E-state index in [4.69, 9.17) is 4.74 Å². The van der Waals surface area contributed by atoms with Gasteiger partial charge in [0.1, 0.15) is 5.75 Å². The quantitative estimate of drug-likeness (QED) is 0.791. The Bertz CT molecular complexity index is 333. The lowest BCUT2D eigenvalue weighted by Gasteiger charge is -2.28. The number of hydrogen-bond acceptors (Lipinski definition) is 3. The van der Waals surface area contributed by atoms with E-state index < -0.39 is 0 Å². The van der Waals surface area contributed by atoms with E-state index >= 15 is 0 Å². The van der Waals surface area contributed by atoms with E-state index in [0.717, 1.165) is 12.3 Å². The van der Waals surface area contributed by atoms with Crippen LogP contribution in [0.5, 0.6) is 5.75 Å². The minimum Gasteiger partial charge on any atom is -0.497 e. The van der Waals surface area contributed by atoms with Crippen molar-refractivity contribution in [3.05, 3.63) is 29.8 Å². The fourth-order valence-corrected chi connectivity index (χ4v) is 2.09. The first-order valence-electron chi connectivity index (χ1n) is 6.31. The molecule has 1 fully saturated rings. The molecule has 1 aliphatic rings. The van der Waals surface area contributed by atoms with Crippen LogP contribution in [-0.4, -0.2) is 31.4 Å². The molecule has 2 N–H and O–H groups in total. The molecule has 0 saturated heterocycles. The molecule has 0 radical (unpaired) electrons. The molecule has 1 aromatic rings. The zero-order valence-corrected chi connectivity index (χ0v) is 10.4. The number of aliphatic hydroxyl groups excluding tert-OH is 1. The SMILES string of the molecule is COc1ccc(C(CO)CNC2CCC2)cc1. The molecule has 1 aliphatic carbocycles. The summed E-state index contributed by atoms with van der Waals surface area (Å²) in [4.78, 5) is 0. The van der Waals surface area contributed by atoms with Crippen molar-refractivity contribution in [1.29, 1.82) is 0 Å². The number of hydrogen-bond donors (Lipinski definition) is 2. The van der Waals surface area contributed by atoms with Crippen LogP contribution in [0.3, 0.4) is 0 Å². The zero-order chi connectivity index (χ0) is 12.1. The third-order valence-corrected chi connectivity index (χ3v) is 3.57. The third-order valence-electron chi connectivity index (χ3n) is 3.57. The van der Waals surface area contributed by atoms with Gasteiger partial charge in [-0.2, -0.15) is 0 Å². The molecule has 94 valence electrons. The minimum atomic E-state index is 0.182. The maximum atomic E-state index is 9.44. The number of ether oxygens (including phenoxy) is 1. The van der Waals surface area contributed by atoms with Crippen LogP contribution in [0.4, 0.5) is 0 Å². The van der Waals surface area contributed by atoms with Gasteiger partial charge in [0.25, 0.3) is 0 Å². The summed E-state index contributed by atoms with van der Waals surface area (Å²) in [5, 5.41) is 12.9. The second-order valence-electron chi connectivity index (χ2n) is 4.69. The van der Waals surface area contributed by atoms with Crippen LogP contribution in [0.2, 0.25) is 0 Å². The first kappa shape index (κ1) is 12.4. The second-order valence-corrected chi connectivity index (χ2v) is 4.69. The van der Waals surface area contributed by atoms with Crippen molar-refractivity contribution in [2.75, 3.05) is 20.3 Å². The summed E-state index contributed by atoms with van der Waals surface area (Å²) < 4.78 is 5.13. The molecule has 0 amide bonds. The van der Waals surface area contributed by atoms with Crippen molar-refractivity contribution >= 4 is 0 Å². The van der Waals surface area contributed by atoms with E-state index in [1.165, 1.54) is 24.8 Å². The van der Waals surface area contributed by atoms with Gasteiger partial charge in [0.05, 0.1) is 13.7 Å². The molecular formula is C14H21NO2. The Morgan fingerprint density at radius 3 is 2.53 bits per heavy atom. The van der Waals surface area contributed by atoms with Gasteiger partial charge in [-0.1, -0.05) is 18.6 Å². The molecule has 0 aliphatic heterocycles. The molecule has 3 nitrogen and oxygen atoms in total. The number of aliphatic hydroxyl groups is 1. The van der Waals surface area contributed by atoms with E-state index in [1.807, 2.05) is 24.3 Å². The number of rotatable bonds is 6. The van der Waals surface area contributed by atoms with Gasteiger partial charge in [0, 0.05) is 18.5 Å². The van der Waals surface area contributed by atoms with E-state index in [9.17, 15) is 5.11 Å². The molecule has 1 saturated carbocycles. The Hall–Kier alpha value is -1.06. The van der Waals surface area contributed by atoms with Gasteiger partial charge in [0.2, 0.25) is 0 Å². The minimum absolute atomic E-state index is 0.182. The summed E-state index contributed by atoms with van der Waals surface area (Å²) in [7, 11) is 1.66. The standard InChI is InChI=1S/C14H21NO2/c1-17-14-7-5-11(6-8-14)12(10-16)9-15-13-3-2-4-13/h5-8,12-13,15-16H,2-4,9-10H2,1H3. The smallest absolute Gasteiger partial charge is 0.118 e. The average molecular weight is 235 g/mol. The Labute approximate surface area is 103 Å². The second kappa shape index (κ2) is 6.03. The van der Waals surface area contributed by atoms with Crippen LogP contribution in [0.15, 0.2) is 24.3 Å². The van der Waals surface area contributed by atoms with Crippen LogP contribution in [0, 0.1) is 0 Å². The lowest BCUT2D eigenvalue weighted by molar-refractivity contribution is 0.247. The monoisotopic (exact) mass is 235 g/mol. The molecule has 0 aromatic heterocycles. The van der Waals surface area contributed by atoms with Crippen molar-refractivity contribution in [3.8, 4) is 5.75 Å². The van der Waals surface area contributed by atoms with Crippen LogP contribution < -0.4 is 10.1 Å². The molecule has 3 heteroatoms. The zero-order valence-electron chi connectivity index (χ0n) is 10.4. The van der Waals surface area contributed by atoms with E-state index in [2.05, 4.69) is 5.32 Å². The summed E-state index contributed by atoms with van der Waals surface area (Å²) in [6.45, 7) is 1.04. The Morgan fingerprint density at radius 2 is 2.06 bits per heavy atom. The van der Waals surface area contributed by atoms with Crippen molar-refractivity contribution < 1.29 is 9.84 Å². The van der Waals surface area contributed by atoms with E-state index in [-0.39, 0.29) is 12.5 Å². The van der Waals surface area contributed by atoms with Crippen molar-refractivity contribution in [3.63, 3.8) is 0 Å². The van der Waals surface area contributed by atoms with Crippen LogP contribution in [-0.2, 0) is 0 Å². The van der Waals surface area contributed by atoms with Gasteiger partial charge in [-0.05, 0) is 30.5 Å². The van der Waals surface area contributed by atoms with Crippen LogP contribution >= 0.6 is 0 Å². The molecule has 0 bridgehead atoms. The van der Waals surface area contributed by atoms with Crippen molar-refractivity contribution in [2.45, 2.75) is 31.2 Å². The molecule has 2 rings (SSSR count). The highest BCUT2D eigenvalue weighted by Gasteiger charge is 2.18. The van der Waals surface area contributed by atoms with Crippen LogP contribution in [0.1, 0.15) is 30.7 Å². The lowest BCUT2D eigenvalue weighted by atomic mass is 9.92. The van der Waals surface area contributed by atoms with E-state index in [1.54, 1.807) is 7.11 Å². The Kier molecular flexibility index (Phi) is 4.40. The molecule has 0 heterocycles. The van der Waals surface area contributed by atoms with Gasteiger partial charge in [0.15, 0.2) is 0 Å². The van der Waals surface area contributed by atoms with Gasteiger partial charge in [-0.3, -0.25) is 0 Å².